The van der Waals surface area contributed by atoms with Crippen molar-refractivity contribution in [2.45, 2.75) is 18.7 Å². The second-order valence-electron chi connectivity index (χ2n) is 7.08. The lowest BCUT2D eigenvalue weighted by Gasteiger charge is -2.33. The van der Waals surface area contributed by atoms with Crippen molar-refractivity contribution in [3.63, 3.8) is 0 Å². The van der Waals surface area contributed by atoms with Crippen LogP contribution in [0.25, 0.3) is 5.70 Å². The Hall–Kier alpha value is -3.38. The average Bonchev–Trinajstić information content (AvgIpc) is 2.77. The fraction of sp³-hybridized carbons (Fsp3) is 0.125. The average molecular weight is 419 g/mol. The number of fused-ring (bicyclic) bond motifs is 1. The zero-order valence-corrected chi connectivity index (χ0v) is 17.6. The lowest BCUT2D eigenvalue weighted by Crippen LogP contribution is -2.39. The van der Waals surface area contributed by atoms with Crippen molar-refractivity contribution < 1.29 is 13.2 Å². The summed E-state index contributed by atoms with van der Waals surface area (Å²) < 4.78 is 27.9. The minimum atomic E-state index is -3.85. The van der Waals surface area contributed by atoms with Crippen LogP contribution in [0.3, 0.4) is 0 Å². The van der Waals surface area contributed by atoms with E-state index < -0.39 is 10.0 Å². The molecule has 0 spiro atoms. The number of Topliss-reactive ketones (excluding diaryl/α,β-unsaturated/α-hetero) is 1. The molecule has 4 rings (SSSR count). The number of benzene rings is 3. The molecule has 3 aromatic rings. The van der Waals surface area contributed by atoms with Gasteiger partial charge in [0.25, 0.3) is 10.0 Å². The third kappa shape index (κ3) is 3.39. The van der Waals surface area contributed by atoms with Gasteiger partial charge in [-0.1, -0.05) is 66.2 Å². The number of carbonyl (C=O) groups excluding carboxylic acids is 1. The van der Waals surface area contributed by atoms with Crippen LogP contribution in [0.15, 0.2) is 89.5 Å². The highest BCUT2D eigenvalue weighted by Gasteiger charge is 2.39. The first-order valence-electron chi connectivity index (χ1n) is 9.73. The number of anilines is 1. The summed E-state index contributed by atoms with van der Waals surface area (Å²) in [7, 11) is -3.85. The van der Waals surface area contributed by atoms with E-state index in [2.05, 4.69) is 5.32 Å². The van der Waals surface area contributed by atoms with Crippen LogP contribution in [0.1, 0.15) is 28.4 Å². The first kappa shape index (κ1) is 19.9. The molecule has 0 radical (unpaired) electrons. The number of hydrogen-bond acceptors (Lipinski definition) is 4. The molecule has 0 bridgehead atoms. The number of ketones is 1. The normalized spacial score (nSPS) is 14.9. The number of nitrogens with one attached hydrogen (secondary N) is 1. The molecule has 1 aliphatic rings. The van der Waals surface area contributed by atoms with Crippen molar-refractivity contribution in [1.82, 2.24) is 4.31 Å². The van der Waals surface area contributed by atoms with Gasteiger partial charge in [0.15, 0.2) is 0 Å². The molecule has 6 heteroatoms. The molecule has 3 aromatic carbocycles. The zero-order valence-electron chi connectivity index (χ0n) is 16.8. The SMILES string of the molecule is CCN1C(C(=O)c2ccccc2)=C(Nc2ccc(C)cc2)c2ccccc2S1(=O)=O. The van der Waals surface area contributed by atoms with E-state index in [1.807, 2.05) is 37.3 Å². The van der Waals surface area contributed by atoms with Gasteiger partial charge in [0.2, 0.25) is 5.78 Å². The Labute approximate surface area is 176 Å². The Morgan fingerprint density at radius 2 is 1.53 bits per heavy atom. The van der Waals surface area contributed by atoms with Crippen LogP contribution in [-0.4, -0.2) is 25.1 Å². The van der Waals surface area contributed by atoms with Crippen molar-refractivity contribution in [2.24, 2.45) is 0 Å². The summed E-state index contributed by atoms with van der Waals surface area (Å²) in [5.41, 5.74) is 3.42. The molecule has 0 saturated heterocycles. The Morgan fingerprint density at radius 1 is 0.900 bits per heavy atom. The maximum Gasteiger partial charge on any atom is 0.265 e. The molecule has 0 aliphatic carbocycles. The van der Waals surface area contributed by atoms with Gasteiger partial charge in [-0.05, 0) is 32.0 Å². The molecule has 0 unspecified atom stereocenters. The lowest BCUT2D eigenvalue weighted by molar-refractivity contribution is 0.101. The molecule has 0 fully saturated rings. The molecule has 0 amide bonds. The molecule has 0 aromatic heterocycles. The molecule has 152 valence electrons. The van der Waals surface area contributed by atoms with Crippen molar-refractivity contribution in [1.29, 1.82) is 0 Å². The van der Waals surface area contributed by atoms with Crippen molar-refractivity contribution in [3.05, 3.63) is 101 Å². The van der Waals surface area contributed by atoms with Crippen LogP contribution in [-0.2, 0) is 10.0 Å². The van der Waals surface area contributed by atoms with E-state index in [1.54, 1.807) is 55.5 Å². The fourth-order valence-corrected chi connectivity index (χ4v) is 5.27. The number of carbonyl (C=O) groups is 1. The van der Waals surface area contributed by atoms with Crippen LogP contribution < -0.4 is 5.32 Å². The van der Waals surface area contributed by atoms with E-state index in [0.29, 0.717) is 16.8 Å². The predicted molar refractivity (Wildman–Crippen MR) is 119 cm³/mol. The number of hydrogen-bond donors (Lipinski definition) is 1. The minimum absolute atomic E-state index is 0.128. The number of sulfonamides is 1. The maximum absolute atomic E-state index is 13.5. The summed E-state index contributed by atoms with van der Waals surface area (Å²) in [5, 5.41) is 3.32. The van der Waals surface area contributed by atoms with Gasteiger partial charge < -0.3 is 5.32 Å². The number of allylic oxidation sites excluding steroid dienone is 1. The van der Waals surface area contributed by atoms with E-state index in [1.165, 1.54) is 4.31 Å². The summed E-state index contributed by atoms with van der Waals surface area (Å²) in [6, 6.07) is 23.3. The Kier molecular flexibility index (Phi) is 5.18. The molecule has 1 aliphatic heterocycles. The first-order valence-corrected chi connectivity index (χ1v) is 11.2. The van der Waals surface area contributed by atoms with Gasteiger partial charge in [-0.3, -0.25) is 9.10 Å². The molecule has 1 heterocycles. The van der Waals surface area contributed by atoms with Gasteiger partial charge in [-0.25, -0.2) is 8.42 Å². The fourth-order valence-electron chi connectivity index (χ4n) is 3.58. The maximum atomic E-state index is 13.5. The van der Waals surface area contributed by atoms with E-state index >= 15 is 0 Å². The van der Waals surface area contributed by atoms with Crippen LogP contribution in [0.5, 0.6) is 0 Å². The van der Waals surface area contributed by atoms with Crippen LogP contribution in [0.4, 0.5) is 5.69 Å². The first-order chi connectivity index (χ1) is 14.4. The standard InChI is InChI=1S/C24H22N2O3S/c1-3-26-23(24(27)18-9-5-4-6-10-18)22(25-19-15-13-17(2)14-16-19)20-11-7-8-12-21(20)30(26,28)29/h4-16,25H,3H2,1-2H3. The van der Waals surface area contributed by atoms with E-state index in [-0.39, 0.29) is 22.9 Å². The van der Waals surface area contributed by atoms with Crippen molar-refractivity contribution in [2.75, 3.05) is 11.9 Å². The Bertz CT molecular complexity index is 1230. The number of aryl methyl sites for hydroxylation is 1. The third-order valence-electron chi connectivity index (χ3n) is 5.07. The van der Waals surface area contributed by atoms with Gasteiger partial charge in [-0.15, -0.1) is 0 Å². The second-order valence-corrected chi connectivity index (χ2v) is 8.91. The van der Waals surface area contributed by atoms with Crippen LogP contribution in [0.2, 0.25) is 0 Å². The van der Waals surface area contributed by atoms with Gasteiger partial charge >= 0.3 is 0 Å². The highest BCUT2D eigenvalue weighted by Crippen LogP contribution is 2.38. The second kappa shape index (κ2) is 7.80. The predicted octanol–water partition coefficient (Wildman–Crippen LogP) is 4.68. The molecular weight excluding hydrogens is 396 g/mol. The molecule has 0 saturated carbocycles. The summed E-state index contributed by atoms with van der Waals surface area (Å²) >= 11 is 0. The highest BCUT2D eigenvalue weighted by atomic mass is 32.2. The minimum Gasteiger partial charge on any atom is -0.353 e. The Morgan fingerprint density at radius 3 is 2.20 bits per heavy atom. The molecular formula is C24H22N2O3S. The van der Waals surface area contributed by atoms with Gasteiger partial charge in [0, 0.05) is 23.4 Å². The van der Waals surface area contributed by atoms with E-state index in [9.17, 15) is 13.2 Å². The quantitative estimate of drug-likeness (QED) is 0.611. The summed E-state index contributed by atoms with van der Waals surface area (Å²) in [5.74, 6) is -0.342. The van der Waals surface area contributed by atoms with Gasteiger partial charge in [-0.2, -0.15) is 0 Å². The summed E-state index contributed by atoms with van der Waals surface area (Å²) in [4.78, 5) is 13.7. The number of likely N-dealkylation sites (N-methyl/N-ethyl adjacent to an activating group) is 1. The van der Waals surface area contributed by atoms with E-state index in [4.69, 9.17) is 0 Å². The van der Waals surface area contributed by atoms with Gasteiger partial charge in [0.05, 0.1) is 10.6 Å². The van der Waals surface area contributed by atoms with Crippen LogP contribution in [0, 0.1) is 6.92 Å². The van der Waals surface area contributed by atoms with Gasteiger partial charge in [0.1, 0.15) is 5.70 Å². The smallest absolute Gasteiger partial charge is 0.265 e. The lowest BCUT2D eigenvalue weighted by atomic mass is 10.0. The van der Waals surface area contributed by atoms with Crippen LogP contribution >= 0.6 is 0 Å². The highest BCUT2D eigenvalue weighted by molar-refractivity contribution is 7.89. The monoisotopic (exact) mass is 418 g/mol. The van der Waals surface area contributed by atoms with Crippen molar-refractivity contribution >= 4 is 27.2 Å². The molecule has 30 heavy (non-hydrogen) atoms. The zero-order chi connectivity index (χ0) is 21.3. The van der Waals surface area contributed by atoms with Crippen molar-refractivity contribution in [3.8, 4) is 0 Å². The third-order valence-corrected chi connectivity index (χ3v) is 7.00. The number of nitrogens with zero attached hydrogens (tertiary/aromatic N) is 1. The van der Waals surface area contributed by atoms with E-state index in [0.717, 1.165) is 11.3 Å². The number of rotatable bonds is 5. The summed E-state index contributed by atoms with van der Waals surface area (Å²) in [6.07, 6.45) is 0. The molecule has 1 N–H and O–H groups in total. The Balaban J connectivity index is 1.99. The topological polar surface area (TPSA) is 66.5 Å². The molecule has 5 nitrogen and oxygen atoms in total. The molecule has 0 atom stereocenters. The summed E-state index contributed by atoms with van der Waals surface area (Å²) in [6.45, 7) is 3.87. The largest absolute Gasteiger partial charge is 0.353 e.